The number of urea groups is 1. The molecule has 0 radical (unpaired) electrons. The van der Waals surface area contributed by atoms with Gasteiger partial charge in [0.2, 0.25) is 11.8 Å². The Morgan fingerprint density at radius 2 is 1.89 bits per heavy atom. The Balaban J connectivity index is 1.58. The zero-order chi connectivity index (χ0) is 24.9. The molecule has 3 aromatic rings. The number of rotatable bonds is 6. The fraction of sp³-hybridized carbons (Fsp3) is 0.231. The molecule has 35 heavy (non-hydrogen) atoms. The molecule has 9 nitrogen and oxygen atoms in total. The van der Waals surface area contributed by atoms with Crippen LogP contribution in [0.4, 0.5) is 4.79 Å². The fourth-order valence-corrected chi connectivity index (χ4v) is 5.01. The molecular formula is C26H24N4O5. The van der Waals surface area contributed by atoms with Gasteiger partial charge in [0.1, 0.15) is 0 Å². The Morgan fingerprint density at radius 3 is 2.57 bits per heavy atom. The van der Waals surface area contributed by atoms with Crippen molar-refractivity contribution in [2.75, 3.05) is 13.6 Å². The molecule has 0 spiro atoms. The quantitative estimate of drug-likeness (QED) is 0.476. The molecular weight excluding hydrogens is 448 g/mol. The SMILES string of the molecule is C=CC(=O)NCc1ccc2[nH]c3c(c2c1)C1CN(C(=O)N(C)C1=O)C3Cc1ccc(C(=O)O)cc1. The number of carbonyl (C=O) groups excluding carboxylic acids is 3. The van der Waals surface area contributed by atoms with Crippen LogP contribution in [-0.4, -0.2) is 57.3 Å². The largest absolute Gasteiger partial charge is 0.478 e. The zero-order valence-corrected chi connectivity index (χ0v) is 19.1. The Hall–Kier alpha value is -4.40. The molecule has 2 atom stereocenters. The van der Waals surface area contributed by atoms with Gasteiger partial charge in [-0.3, -0.25) is 14.5 Å². The number of carboxylic acid groups (broad SMARTS) is 1. The van der Waals surface area contributed by atoms with Crippen LogP contribution < -0.4 is 5.32 Å². The molecule has 4 amide bonds. The van der Waals surface area contributed by atoms with E-state index < -0.39 is 11.9 Å². The number of likely N-dealkylation sites (N-methyl/N-ethyl adjacent to an activating group) is 1. The lowest BCUT2D eigenvalue weighted by atomic mass is 9.83. The van der Waals surface area contributed by atoms with E-state index in [0.29, 0.717) is 13.0 Å². The first kappa shape index (κ1) is 22.4. The van der Waals surface area contributed by atoms with Crippen molar-refractivity contribution >= 4 is 34.7 Å². The van der Waals surface area contributed by atoms with Gasteiger partial charge in [0.05, 0.1) is 17.5 Å². The second kappa shape index (κ2) is 8.43. The molecule has 1 saturated heterocycles. The van der Waals surface area contributed by atoms with Gasteiger partial charge in [0.15, 0.2) is 0 Å². The van der Waals surface area contributed by atoms with E-state index in [1.807, 2.05) is 18.2 Å². The summed E-state index contributed by atoms with van der Waals surface area (Å²) in [5.74, 6) is -2.01. The van der Waals surface area contributed by atoms with Gasteiger partial charge in [-0.15, -0.1) is 0 Å². The Labute approximate surface area is 201 Å². The van der Waals surface area contributed by atoms with Crippen LogP contribution in [0.1, 0.15) is 44.7 Å². The average Bonchev–Trinajstić information content (AvgIpc) is 3.24. The number of carbonyl (C=O) groups is 4. The topological polar surface area (TPSA) is 123 Å². The summed E-state index contributed by atoms with van der Waals surface area (Å²) in [5, 5.41) is 12.8. The number of H-pyrrole nitrogens is 1. The maximum absolute atomic E-state index is 13.1. The standard InChI is InChI=1S/C26H24N4O5/c1-3-21(31)27-12-15-6-9-19-17(10-15)22-18-13-30(26(35)29(2)24(18)32)20(23(22)28-19)11-14-4-7-16(8-5-14)25(33)34/h3-10,18,20,28H,1,11-13H2,2H3,(H,27,31)(H,33,34). The van der Waals surface area contributed by atoms with E-state index in [9.17, 15) is 24.3 Å². The van der Waals surface area contributed by atoms with Crippen LogP contribution in [0, 0.1) is 0 Å². The first-order valence-corrected chi connectivity index (χ1v) is 11.2. The molecule has 2 unspecified atom stereocenters. The summed E-state index contributed by atoms with van der Waals surface area (Å²) >= 11 is 0. The summed E-state index contributed by atoms with van der Waals surface area (Å²) in [4.78, 5) is 55.3. The monoisotopic (exact) mass is 472 g/mol. The lowest BCUT2D eigenvalue weighted by Crippen LogP contribution is -2.57. The minimum absolute atomic E-state index is 0.194. The van der Waals surface area contributed by atoms with Gasteiger partial charge in [-0.2, -0.15) is 0 Å². The number of hydrogen-bond donors (Lipinski definition) is 3. The van der Waals surface area contributed by atoms with E-state index in [1.165, 1.54) is 18.0 Å². The first-order chi connectivity index (χ1) is 16.8. The Morgan fingerprint density at radius 1 is 1.17 bits per heavy atom. The molecule has 2 aromatic carbocycles. The van der Waals surface area contributed by atoms with Gasteiger partial charge in [-0.25, -0.2) is 9.59 Å². The van der Waals surface area contributed by atoms with E-state index >= 15 is 0 Å². The molecule has 178 valence electrons. The highest BCUT2D eigenvalue weighted by Crippen LogP contribution is 2.45. The molecule has 1 fully saturated rings. The number of amides is 4. The molecule has 2 bridgehead atoms. The van der Waals surface area contributed by atoms with Gasteiger partial charge >= 0.3 is 12.0 Å². The van der Waals surface area contributed by atoms with Crippen LogP contribution in [0.2, 0.25) is 0 Å². The van der Waals surface area contributed by atoms with Gasteiger partial charge in [-0.1, -0.05) is 24.8 Å². The number of benzene rings is 2. The van der Waals surface area contributed by atoms with E-state index in [2.05, 4.69) is 16.9 Å². The highest BCUT2D eigenvalue weighted by Gasteiger charge is 2.48. The van der Waals surface area contributed by atoms with Crippen molar-refractivity contribution in [3.8, 4) is 0 Å². The maximum atomic E-state index is 13.1. The lowest BCUT2D eigenvalue weighted by molar-refractivity contribution is -0.132. The van der Waals surface area contributed by atoms with Crippen LogP contribution in [0.25, 0.3) is 10.9 Å². The minimum atomic E-state index is -0.999. The fourth-order valence-electron chi connectivity index (χ4n) is 5.01. The molecule has 1 aromatic heterocycles. The summed E-state index contributed by atoms with van der Waals surface area (Å²) in [5.41, 5.74) is 4.47. The predicted octanol–water partition coefficient (Wildman–Crippen LogP) is 2.94. The molecule has 0 aliphatic carbocycles. The minimum Gasteiger partial charge on any atom is -0.478 e. The molecule has 3 heterocycles. The van der Waals surface area contributed by atoms with Gasteiger partial charge in [0, 0.05) is 36.7 Å². The van der Waals surface area contributed by atoms with E-state index in [-0.39, 0.29) is 36.0 Å². The number of imide groups is 1. The van der Waals surface area contributed by atoms with Crippen molar-refractivity contribution in [3.05, 3.63) is 83.1 Å². The number of nitrogens with zero attached hydrogens (tertiary/aromatic N) is 2. The number of hydrogen-bond acceptors (Lipinski definition) is 4. The van der Waals surface area contributed by atoms with Gasteiger partial charge in [0.25, 0.3) is 0 Å². The summed E-state index contributed by atoms with van der Waals surface area (Å²) in [6.45, 7) is 4.06. The van der Waals surface area contributed by atoms with Gasteiger partial charge in [-0.05, 0) is 53.5 Å². The number of aromatic nitrogens is 1. The first-order valence-electron chi connectivity index (χ1n) is 11.2. The number of aromatic carboxylic acids is 1. The van der Waals surface area contributed by atoms with E-state index in [4.69, 9.17) is 0 Å². The van der Waals surface area contributed by atoms with E-state index in [1.54, 1.807) is 29.2 Å². The molecule has 3 N–H and O–H groups in total. The van der Waals surface area contributed by atoms with E-state index in [0.717, 1.165) is 33.3 Å². The third-order valence-electron chi connectivity index (χ3n) is 6.81. The second-order valence-electron chi connectivity index (χ2n) is 8.86. The third-order valence-corrected chi connectivity index (χ3v) is 6.81. The number of aromatic amines is 1. The average molecular weight is 473 g/mol. The summed E-state index contributed by atoms with van der Waals surface area (Å²) in [6.07, 6.45) is 1.68. The van der Waals surface area contributed by atoms with Crippen molar-refractivity contribution in [2.45, 2.75) is 24.9 Å². The molecule has 2 aliphatic heterocycles. The summed E-state index contributed by atoms with van der Waals surface area (Å²) in [6, 6.07) is 11.7. The lowest BCUT2D eigenvalue weighted by Gasteiger charge is -2.45. The summed E-state index contributed by atoms with van der Waals surface area (Å²) < 4.78 is 0. The van der Waals surface area contributed by atoms with Crippen LogP contribution in [0.15, 0.2) is 55.1 Å². The van der Waals surface area contributed by atoms with Crippen molar-refractivity contribution in [3.63, 3.8) is 0 Å². The van der Waals surface area contributed by atoms with Crippen molar-refractivity contribution in [2.24, 2.45) is 0 Å². The highest BCUT2D eigenvalue weighted by molar-refractivity contribution is 6.04. The number of nitrogens with one attached hydrogen (secondary N) is 2. The third kappa shape index (κ3) is 3.74. The Kier molecular flexibility index (Phi) is 5.39. The van der Waals surface area contributed by atoms with Crippen molar-refractivity contribution < 1.29 is 24.3 Å². The van der Waals surface area contributed by atoms with Crippen LogP contribution >= 0.6 is 0 Å². The van der Waals surface area contributed by atoms with Crippen molar-refractivity contribution in [1.29, 1.82) is 0 Å². The molecule has 5 rings (SSSR count). The molecule has 9 heteroatoms. The predicted molar refractivity (Wildman–Crippen MR) is 128 cm³/mol. The van der Waals surface area contributed by atoms with Crippen LogP contribution in [0.3, 0.4) is 0 Å². The number of carboxylic acids is 1. The van der Waals surface area contributed by atoms with Crippen LogP contribution in [-0.2, 0) is 22.6 Å². The second-order valence-corrected chi connectivity index (χ2v) is 8.86. The summed E-state index contributed by atoms with van der Waals surface area (Å²) in [7, 11) is 1.50. The molecule has 2 aliphatic rings. The number of fused-ring (bicyclic) bond motifs is 6. The zero-order valence-electron chi connectivity index (χ0n) is 19.1. The van der Waals surface area contributed by atoms with Crippen LogP contribution in [0.5, 0.6) is 0 Å². The van der Waals surface area contributed by atoms with Gasteiger partial charge < -0.3 is 20.3 Å². The smallest absolute Gasteiger partial charge is 0.335 e. The Bertz CT molecular complexity index is 1390. The normalized spacial score (nSPS) is 19.0. The molecule has 0 saturated carbocycles. The highest BCUT2D eigenvalue weighted by atomic mass is 16.4. The van der Waals surface area contributed by atoms with Crippen molar-refractivity contribution in [1.82, 2.24) is 20.1 Å². The maximum Gasteiger partial charge on any atom is 0.335 e.